The summed E-state index contributed by atoms with van der Waals surface area (Å²) in [7, 11) is 1.58. The van der Waals surface area contributed by atoms with Gasteiger partial charge < -0.3 is 19.3 Å². The fourth-order valence-electron chi connectivity index (χ4n) is 3.82. The van der Waals surface area contributed by atoms with Crippen LogP contribution < -0.4 is 9.47 Å². The Hall–Kier alpha value is -3.68. The van der Waals surface area contributed by atoms with E-state index in [9.17, 15) is 24.3 Å². The van der Waals surface area contributed by atoms with Crippen LogP contribution >= 0.6 is 0 Å². The molecule has 3 rings (SSSR count). The van der Waals surface area contributed by atoms with E-state index in [1.807, 2.05) is 12.1 Å². The second kappa shape index (κ2) is 11.6. The molecule has 2 atom stereocenters. The summed E-state index contributed by atoms with van der Waals surface area (Å²) in [6.07, 6.45) is -0.0706. The maximum Gasteiger partial charge on any atom is 0.342 e. The van der Waals surface area contributed by atoms with E-state index in [0.717, 1.165) is 11.3 Å². The van der Waals surface area contributed by atoms with E-state index in [0.29, 0.717) is 17.7 Å². The van der Waals surface area contributed by atoms with Gasteiger partial charge in [0, 0.05) is 18.9 Å². The summed E-state index contributed by atoms with van der Waals surface area (Å²) in [6, 6.07) is 10.3. The lowest BCUT2D eigenvalue weighted by atomic mass is 9.94. The summed E-state index contributed by atoms with van der Waals surface area (Å²) in [5, 5.41) is 10.7. The number of methoxy groups -OCH3 is 1. The zero-order valence-electron chi connectivity index (χ0n) is 20.2. The number of carbonyl (C=O) groups is 4. The van der Waals surface area contributed by atoms with Gasteiger partial charge in [-0.15, -0.1) is 0 Å². The number of ether oxygens (including phenoxy) is 3. The van der Waals surface area contributed by atoms with Gasteiger partial charge >= 0.3 is 5.97 Å². The predicted octanol–water partition coefficient (Wildman–Crippen LogP) is 3.99. The first-order chi connectivity index (χ1) is 16.7. The van der Waals surface area contributed by atoms with Gasteiger partial charge in [-0.2, -0.15) is 0 Å². The summed E-state index contributed by atoms with van der Waals surface area (Å²) in [5.41, 5.74) is 1.32. The van der Waals surface area contributed by atoms with E-state index in [2.05, 4.69) is 0 Å². The Bertz CT molecular complexity index is 1100. The van der Waals surface area contributed by atoms with E-state index in [1.54, 1.807) is 39.2 Å². The number of aryl methyl sites for hydroxylation is 1. The third-order valence-corrected chi connectivity index (χ3v) is 6.22. The highest BCUT2D eigenvalue weighted by atomic mass is 16.5. The molecule has 0 saturated carbocycles. The van der Waals surface area contributed by atoms with E-state index in [1.165, 1.54) is 6.07 Å². The van der Waals surface area contributed by atoms with Gasteiger partial charge in [-0.1, -0.05) is 19.1 Å². The smallest absolute Gasteiger partial charge is 0.342 e. The lowest BCUT2D eigenvalue weighted by Gasteiger charge is -2.22. The zero-order chi connectivity index (χ0) is 25.5. The largest absolute Gasteiger partial charge is 0.507 e. The number of carbonyl (C=O) groups excluding carboxylic acids is 4. The highest BCUT2D eigenvalue weighted by molar-refractivity contribution is 6.63. The van der Waals surface area contributed by atoms with Crippen LogP contribution in [0.25, 0.3) is 0 Å². The number of hydrogen-bond acceptors (Lipinski definition) is 8. The number of fused-ring (bicyclic) bond motifs is 1. The zero-order valence-corrected chi connectivity index (χ0v) is 20.2. The molecule has 8 nitrogen and oxygen atoms in total. The van der Waals surface area contributed by atoms with E-state index < -0.39 is 29.4 Å². The van der Waals surface area contributed by atoms with Gasteiger partial charge in [0.1, 0.15) is 35.5 Å². The SMILES string of the molecule is COc1ccc(COc2cc(O)c3c(c2)CCCC(=O)C(=O)C(=O)CC[C@@H](C)[C@H](C)OC3=O)cc1. The van der Waals surface area contributed by atoms with E-state index >= 15 is 0 Å². The van der Waals surface area contributed by atoms with Crippen molar-refractivity contribution in [3.8, 4) is 17.2 Å². The quantitative estimate of drug-likeness (QED) is 0.514. The Kier molecular flexibility index (Phi) is 8.63. The normalized spacial score (nSPS) is 20.0. The maximum absolute atomic E-state index is 13.0. The van der Waals surface area contributed by atoms with Gasteiger partial charge in [0.25, 0.3) is 5.78 Å². The van der Waals surface area contributed by atoms with Crippen molar-refractivity contribution in [1.29, 1.82) is 0 Å². The lowest BCUT2D eigenvalue weighted by Crippen LogP contribution is -2.27. The van der Waals surface area contributed by atoms with Gasteiger partial charge in [0.05, 0.1) is 7.11 Å². The molecule has 0 aromatic heterocycles. The Morgan fingerprint density at radius 2 is 1.63 bits per heavy atom. The topological polar surface area (TPSA) is 116 Å². The van der Waals surface area contributed by atoms with Crippen LogP contribution in [-0.2, 0) is 32.1 Å². The molecule has 0 bridgehead atoms. The summed E-state index contributed by atoms with van der Waals surface area (Å²) in [4.78, 5) is 49.4. The fourth-order valence-corrected chi connectivity index (χ4v) is 3.82. The van der Waals surface area contributed by atoms with Crippen molar-refractivity contribution in [1.82, 2.24) is 0 Å². The average molecular weight is 483 g/mol. The van der Waals surface area contributed by atoms with Crippen molar-refractivity contribution in [3.63, 3.8) is 0 Å². The summed E-state index contributed by atoms with van der Waals surface area (Å²) in [6.45, 7) is 3.70. The third kappa shape index (κ3) is 6.68. The summed E-state index contributed by atoms with van der Waals surface area (Å²) in [5.74, 6) is -2.60. The van der Waals surface area contributed by atoms with Crippen LogP contribution in [0.15, 0.2) is 36.4 Å². The van der Waals surface area contributed by atoms with Crippen molar-refractivity contribution in [2.75, 3.05) is 7.11 Å². The number of phenolic OH excluding ortho intramolecular Hbond substituents is 1. The molecule has 0 aliphatic carbocycles. The molecular weight excluding hydrogens is 452 g/mol. The standard InChI is InChI=1S/C27H30O8/c1-16-7-12-23(29)26(31)22(28)6-4-5-19-13-21(14-24(30)25(19)27(32)35-17(16)2)34-15-18-8-10-20(33-3)11-9-18/h8-11,13-14,16-17,30H,4-7,12,15H2,1-3H3/t16-,17+/m1/s1. The number of phenols is 1. The monoisotopic (exact) mass is 482 g/mol. The highest BCUT2D eigenvalue weighted by Crippen LogP contribution is 2.31. The number of Topliss-reactive ketones (excluding diaryl/α,β-unsaturated/α-hetero) is 3. The molecule has 1 N–H and O–H groups in total. The number of benzene rings is 2. The molecule has 2 aromatic carbocycles. The number of aromatic hydroxyl groups is 1. The Morgan fingerprint density at radius 3 is 2.31 bits per heavy atom. The van der Waals surface area contributed by atoms with Crippen LogP contribution in [0, 0.1) is 5.92 Å². The number of esters is 1. The Labute approximate surface area is 204 Å². The molecule has 2 aromatic rings. The van der Waals surface area contributed by atoms with Gasteiger partial charge in [-0.05, 0) is 61.4 Å². The minimum atomic E-state index is -0.987. The third-order valence-electron chi connectivity index (χ3n) is 6.22. The highest BCUT2D eigenvalue weighted by Gasteiger charge is 2.28. The van der Waals surface area contributed by atoms with Crippen molar-refractivity contribution < 1.29 is 38.5 Å². The summed E-state index contributed by atoms with van der Waals surface area (Å²) < 4.78 is 16.5. The summed E-state index contributed by atoms with van der Waals surface area (Å²) >= 11 is 0. The van der Waals surface area contributed by atoms with Crippen molar-refractivity contribution in [2.45, 2.75) is 58.7 Å². The minimum absolute atomic E-state index is 0.00718. The lowest BCUT2D eigenvalue weighted by molar-refractivity contribution is -0.144. The first-order valence-corrected chi connectivity index (χ1v) is 11.6. The molecule has 0 amide bonds. The number of cyclic esters (lactones) is 1. The second-order valence-corrected chi connectivity index (χ2v) is 8.77. The van der Waals surface area contributed by atoms with Crippen LogP contribution in [-0.4, -0.2) is 41.6 Å². The van der Waals surface area contributed by atoms with E-state index in [-0.39, 0.29) is 49.5 Å². The molecule has 0 unspecified atom stereocenters. The molecule has 1 aliphatic rings. The molecule has 8 heteroatoms. The molecule has 1 aliphatic heterocycles. The molecule has 1 heterocycles. The van der Waals surface area contributed by atoms with Gasteiger partial charge in [-0.25, -0.2) is 4.79 Å². The van der Waals surface area contributed by atoms with E-state index in [4.69, 9.17) is 14.2 Å². The molecule has 35 heavy (non-hydrogen) atoms. The van der Waals surface area contributed by atoms with Crippen LogP contribution in [0.4, 0.5) is 0 Å². The first kappa shape index (κ1) is 25.9. The van der Waals surface area contributed by atoms with Crippen LogP contribution in [0.1, 0.15) is 61.0 Å². The van der Waals surface area contributed by atoms with Gasteiger partial charge in [-0.3, -0.25) is 14.4 Å². The minimum Gasteiger partial charge on any atom is -0.507 e. The molecule has 0 saturated heterocycles. The Morgan fingerprint density at radius 1 is 0.943 bits per heavy atom. The molecule has 0 radical (unpaired) electrons. The molecule has 0 spiro atoms. The second-order valence-electron chi connectivity index (χ2n) is 8.77. The average Bonchev–Trinajstić information content (AvgIpc) is 2.84. The molecule has 0 fully saturated rings. The molecular formula is C27H30O8. The van der Waals surface area contributed by atoms with Crippen molar-refractivity contribution >= 4 is 23.3 Å². The predicted molar refractivity (Wildman–Crippen MR) is 127 cm³/mol. The maximum atomic E-state index is 13.0. The van der Waals surface area contributed by atoms with Crippen molar-refractivity contribution in [2.24, 2.45) is 5.92 Å². The van der Waals surface area contributed by atoms with Crippen LogP contribution in [0.5, 0.6) is 17.2 Å². The first-order valence-electron chi connectivity index (χ1n) is 11.6. The Balaban J connectivity index is 1.86. The number of ketones is 3. The fraction of sp³-hybridized carbons (Fsp3) is 0.407. The van der Waals surface area contributed by atoms with Gasteiger partial charge in [0.2, 0.25) is 11.6 Å². The number of rotatable bonds is 4. The van der Waals surface area contributed by atoms with Gasteiger partial charge in [0.15, 0.2) is 0 Å². The molecule has 186 valence electrons. The van der Waals surface area contributed by atoms with Crippen molar-refractivity contribution in [3.05, 3.63) is 53.1 Å². The number of hydrogen-bond donors (Lipinski definition) is 1. The van der Waals surface area contributed by atoms with Crippen LogP contribution in [0.3, 0.4) is 0 Å². The van der Waals surface area contributed by atoms with Crippen LogP contribution in [0.2, 0.25) is 0 Å².